The van der Waals surface area contributed by atoms with E-state index in [0.29, 0.717) is 11.1 Å². The maximum atomic E-state index is 13.5. The van der Waals surface area contributed by atoms with Gasteiger partial charge in [-0.2, -0.15) is 0 Å². The van der Waals surface area contributed by atoms with E-state index in [1.165, 1.54) is 6.07 Å². The van der Waals surface area contributed by atoms with E-state index in [9.17, 15) is 9.18 Å². The molecule has 0 saturated heterocycles. The molecule has 0 unspecified atom stereocenters. The van der Waals surface area contributed by atoms with E-state index in [2.05, 4.69) is 0 Å². The lowest BCUT2D eigenvalue weighted by molar-refractivity contribution is 0.0991. The third-order valence-electron chi connectivity index (χ3n) is 2.99. The Morgan fingerprint density at radius 2 is 1.83 bits per heavy atom. The molecule has 92 valence electrons. The quantitative estimate of drug-likeness (QED) is 0.747. The molecule has 0 fully saturated rings. The highest BCUT2D eigenvalue weighted by Crippen LogP contribution is 2.15. The van der Waals surface area contributed by atoms with Crippen molar-refractivity contribution in [3.8, 4) is 0 Å². The number of aryl methyl sites for hydroxylation is 2. The molecule has 0 spiro atoms. The number of rotatable bonds is 3. The normalized spacial score (nSPS) is 10.4. The van der Waals surface area contributed by atoms with E-state index in [1.54, 1.807) is 18.2 Å². The Labute approximate surface area is 106 Å². The number of carbonyl (C=O) groups is 1. The van der Waals surface area contributed by atoms with Gasteiger partial charge in [0, 0.05) is 12.0 Å². The first kappa shape index (κ1) is 12.5. The zero-order valence-corrected chi connectivity index (χ0v) is 10.5. The number of hydrogen-bond acceptors (Lipinski definition) is 1. The van der Waals surface area contributed by atoms with Crippen molar-refractivity contribution in [1.82, 2.24) is 0 Å². The van der Waals surface area contributed by atoms with Crippen LogP contribution in [0.3, 0.4) is 0 Å². The zero-order chi connectivity index (χ0) is 13.1. The van der Waals surface area contributed by atoms with E-state index in [-0.39, 0.29) is 18.0 Å². The highest BCUT2D eigenvalue weighted by atomic mass is 19.1. The van der Waals surface area contributed by atoms with Crippen molar-refractivity contribution in [1.29, 1.82) is 0 Å². The molecule has 0 saturated carbocycles. The molecule has 0 radical (unpaired) electrons. The van der Waals surface area contributed by atoms with Gasteiger partial charge in [0.05, 0.1) is 0 Å². The van der Waals surface area contributed by atoms with Crippen molar-refractivity contribution in [3.05, 3.63) is 70.5 Å². The molecule has 0 aliphatic rings. The van der Waals surface area contributed by atoms with Gasteiger partial charge >= 0.3 is 0 Å². The lowest BCUT2D eigenvalue weighted by Crippen LogP contribution is -2.07. The minimum absolute atomic E-state index is 0.0439. The molecule has 18 heavy (non-hydrogen) atoms. The molecule has 2 aromatic carbocycles. The standard InChI is InChI=1S/C16H15FO/c1-11-7-8-14(12(2)9-11)16(18)10-13-5-3-4-6-15(13)17/h3-9H,10H2,1-2H3. The molecule has 0 aromatic heterocycles. The molecule has 2 aromatic rings. The highest BCUT2D eigenvalue weighted by molar-refractivity contribution is 5.98. The number of benzene rings is 2. The fraction of sp³-hybridized carbons (Fsp3) is 0.188. The van der Waals surface area contributed by atoms with Gasteiger partial charge in [0.1, 0.15) is 5.82 Å². The van der Waals surface area contributed by atoms with Crippen LogP contribution in [0.1, 0.15) is 27.0 Å². The van der Waals surface area contributed by atoms with Crippen molar-refractivity contribution < 1.29 is 9.18 Å². The van der Waals surface area contributed by atoms with Gasteiger partial charge in [-0.15, -0.1) is 0 Å². The van der Waals surface area contributed by atoms with Crippen LogP contribution in [-0.2, 0) is 6.42 Å². The van der Waals surface area contributed by atoms with Gasteiger partial charge in [0.15, 0.2) is 5.78 Å². The molecule has 0 bridgehead atoms. The van der Waals surface area contributed by atoms with Crippen molar-refractivity contribution in [2.75, 3.05) is 0 Å². The largest absolute Gasteiger partial charge is 0.294 e. The summed E-state index contributed by atoms with van der Waals surface area (Å²) in [5, 5.41) is 0. The van der Waals surface area contributed by atoms with E-state index >= 15 is 0 Å². The predicted octanol–water partition coefficient (Wildman–Crippen LogP) is 3.87. The third-order valence-corrected chi connectivity index (χ3v) is 2.99. The Morgan fingerprint density at radius 3 is 2.50 bits per heavy atom. The summed E-state index contributed by atoms with van der Waals surface area (Å²) in [5.74, 6) is -0.367. The molecular formula is C16H15FO. The third kappa shape index (κ3) is 2.65. The van der Waals surface area contributed by atoms with Crippen molar-refractivity contribution in [2.24, 2.45) is 0 Å². The van der Waals surface area contributed by atoms with Crippen LogP contribution in [0, 0.1) is 19.7 Å². The van der Waals surface area contributed by atoms with Crippen LogP contribution < -0.4 is 0 Å². The zero-order valence-electron chi connectivity index (χ0n) is 10.5. The first-order valence-corrected chi connectivity index (χ1v) is 5.92. The maximum Gasteiger partial charge on any atom is 0.167 e. The number of Topliss-reactive ketones (excluding diaryl/α,β-unsaturated/α-hetero) is 1. The average molecular weight is 242 g/mol. The Bertz CT molecular complexity index is 587. The van der Waals surface area contributed by atoms with Crippen LogP contribution in [0.25, 0.3) is 0 Å². The molecule has 2 rings (SSSR count). The first-order valence-electron chi connectivity index (χ1n) is 5.92. The summed E-state index contributed by atoms with van der Waals surface area (Å²) in [5.41, 5.74) is 3.18. The van der Waals surface area contributed by atoms with E-state index in [1.807, 2.05) is 32.0 Å². The first-order chi connectivity index (χ1) is 8.58. The van der Waals surface area contributed by atoms with Gasteiger partial charge in [-0.1, -0.05) is 42.0 Å². The molecule has 0 amide bonds. The van der Waals surface area contributed by atoms with Gasteiger partial charge in [-0.3, -0.25) is 4.79 Å². The Hall–Kier alpha value is -1.96. The van der Waals surface area contributed by atoms with E-state index < -0.39 is 0 Å². The second-order valence-electron chi connectivity index (χ2n) is 4.51. The lowest BCUT2D eigenvalue weighted by Gasteiger charge is -2.06. The van der Waals surface area contributed by atoms with Gasteiger partial charge in [-0.25, -0.2) is 4.39 Å². The molecule has 0 N–H and O–H groups in total. The summed E-state index contributed by atoms with van der Waals surface area (Å²) in [4.78, 5) is 12.1. The summed E-state index contributed by atoms with van der Waals surface area (Å²) < 4.78 is 13.5. The second kappa shape index (κ2) is 5.13. The molecular weight excluding hydrogens is 227 g/mol. The van der Waals surface area contributed by atoms with Crippen LogP contribution in [0.5, 0.6) is 0 Å². The summed E-state index contributed by atoms with van der Waals surface area (Å²) in [6.07, 6.45) is 0.108. The van der Waals surface area contributed by atoms with Crippen LogP contribution in [-0.4, -0.2) is 5.78 Å². The molecule has 1 nitrogen and oxygen atoms in total. The lowest BCUT2D eigenvalue weighted by atomic mass is 9.97. The average Bonchev–Trinajstić information content (AvgIpc) is 2.32. The molecule has 0 aliphatic carbocycles. The topological polar surface area (TPSA) is 17.1 Å². The minimum atomic E-state index is -0.324. The SMILES string of the molecule is Cc1ccc(C(=O)Cc2ccccc2F)c(C)c1. The van der Waals surface area contributed by atoms with Crippen LogP contribution >= 0.6 is 0 Å². The van der Waals surface area contributed by atoms with Gasteiger partial charge < -0.3 is 0 Å². The number of hydrogen-bond donors (Lipinski definition) is 0. The van der Waals surface area contributed by atoms with Crippen LogP contribution in [0.2, 0.25) is 0 Å². The van der Waals surface area contributed by atoms with Gasteiger partial charge in [0.25, 0.3) is 0 Å². The van der Waals surface area contributed by atoms with Gasteiger partial charge in [-0.05, 0) is 31.0 Å². The fourth-order valence-corrected chi connectivity index (χ4v) is 2.04. The van der Waals surface area contributed by atoms with Crippen LogP contribution in [0.15, 0.2) is 42.5 Å². The molecule has 0 heterocycles. The molecule has 0 atom stereocenters. The Morgan fingerprint density at radius 1 is 1.11 bits per heavy atom. The predicted molar refractivity (Wildman–Crippen MR) is 70.4 cm³/mol. The summed E-state index contributed by atoms with van der Waals surface area (Å²) in [6.45, 7) is 3.89. The summed E-state index contributed by atoms with van der Waals surface area (Å²) in [7, 11) is 0. The van der Waals surface area contributed by atoms with E-state index in [0.717, 1.165) is 11.1 Å². The maximum absolute atomic E-state index is 13.5. The van der Waals surface area contributed by atoms with E-state index in [4.69, 9.17) is 0 Å². The Kier molecular flexibility index (Phi) is 3.56. The number of ketones is 1. The van der Waals surface area contributed by atoms with Crippen molar-refractivity contribution in [2.45, 2.75) is 20.3 Å². The highest BCUT2D eigenvalue weighted by Gasteiger charge is 2.12. The molecule has 2 heteroatoms. The monoisotopic (exact) mass is 242 g/mol. The summed E-state index contributed by atoms with van der Waals surface area (Å²) in [6, 6.07) is 12.1. The van der Waals surface area contributed by atoms with Crippen LogP contribution in [0.4, 0.5) is 4.39 Å². The Balaban J connectivity index is 2.25. The van der Waals surface area contributed by atoms with Crippen molar-refractivity contribution >= 4 is 5.78 Å². The number of halogens is 1. The van der Waals surface area contributed by atoms with Gasteiger partial charge in [0.2, 0.25) is 0 Å². The molecule has 0 aliphatic heterocycles. The number of carbonyl (C=O) groups excluding carboxylic acids is 1. The second-order valence-corrected chi connectivity index (χ2v) is 4.51. The van der Waals surface area contributed by atoms with Crippen molar-refractivity contribution in [3.63, 3.8) is 0 Å². The fourth-order valence-electron chi connectivity index (χ4n) is 2.04. The minimum Gasteiger partial charge on any atom is -0.294 e. The summed E-state index contributed by atoms with van der Waals surface area (Å²) >= 11 is 0. The smallest absolute Gasteiger partial charge is 0.167 e.